The van der Waals surface area contributed by atoms with Crippen LogP contribution in [-0.4, -0.2) is 11.9 Å². The molecule has 4 heteroatoms. The van der Waals surface area contributed by atoms with E-state index in [0.717, 1.165) is 21.9 Å². The Labute approximate surface area is 167 Å². The van der Waals surface area contributed by atoms with Crippen LogP contribution in [-0.2, 0) is 19.1 Å². The third kappa shape index (κ3) is 2.67. The second-order valence-electron chi connectivity index (χ2n) is 7.94. The van der Waals surface area contributed by atoms with Gasteiger partial charge in [-0.3, -0.25) is 9.59 Å². The number of carbonyl (C=O) groups excluding carboxylic acids is 2. The summed E-state index contributed by atoms with van der Waals surface area (Å²) in [5, 5.41) is 6.96. The average Bonchev–Trinajstić information content (AvgIpc) is 2.80. The minimum Gasteiger partial charge on any atom is -0.457 e. The predicted octanol–water partition coefficient (Wildman–Crippen LogP) is 5.51. The maximum atomic E-state index is 12.0. The summed E-state index contributed by atoms with van der Waals surface area (Å²) >= 11 is 0. The van der Waals surface area contributed by atoms with Gasteiger partial charge in [0.1, 0.15) is 18.6 Å². The predicted molar refractivity (Wildman–Crippen MR) is 110 cm³/mol. The smallest absolute Gasteiger partial charge is 0.317 e. The van der Waals surface area contributed by atoms with E-state index < -0.39 is 11.9 Å². The van der Waals surface area contributed by atoms with Crippen molar-refractivity contribution < 1.29 is 19.1 Å². The Hall–Kier alpha value is -3.40. The number of fused-ring (bicyclic) bond motifs is 8. The fraction of sp³-hybridized carbons (Fsp3) is 0.200. The molecule has 2 unspecified atom stereocenters. The van der Waals surface area contributed by atoms with Crippen LogP contribution in [0.1, 0.15) is 42.6 Å². The molecular weight excluding hydrogens is 364 g/mol. The number of rotatable bonds is 0. The highest BCUT2D eigenvalue weighted by molar-refractivity contribution is 6.05. The molecule has 3 aliphatic rings. The third-order valence-corrected chi connectivity index (χ3v) is 6.08. The zero-order valence-corrected chi connectivity index (χ0v) is 15.7. The zero-order valence-electron chi connectivity index (χ0n) is 15.7. The van der Waals surface area contributed by atoms with Crippen molar-refractivity contribution in [2.24, 2.45) is 0 Å². The second kappa shape index (κ2) is 6.05. The van der Waals surface area contributed by atoms with Gasteiger partial charge >= 0.3 is 11.9 Å². The summed E-state index contributed by atoms with van der Waals surface area (Å²) in [4.78, 5) is 24.1. The first kappa shape index (κ1) is 16.5. The van der Waals surface area contributed by atoms with E-state index in [1.165, 1.54) is 21.5 Å². The van der Waals surface area contributed by atoms with Crippen LogP contribution in [0.5, 0.6) is 0 Å². The normalized spacial score (nSPS) is 21.4. The topological polar surface area (TPSA) is 52.6 Å². The first-order valence-corrected chi connectivity index (χ1v) is 9.93. The number of ether oxygens (including phenoxy) is 2. The molecule has 0 saturated carbocycles. The van der Waals surface area contributed by atoms with Crippen LogP contribution >= 0.6 is 0 Å². The van der Waals surface area contributed by atoms with Gasteiger partial charge in [-0.2, -0.15) is 0 Å². The van der Waals surface area contributed by atoms with Crippen LogP contribution in [0.2, 0.25) is 0 Å². The third-order valence-electron chi connectivity index (χ3n) is 6.08. The SMILES string of the molecule is O=C1CC(=O)OC2CCC(O1)c1cc3cc4cc5ccccc5cc4cc3cc12. The summed E-state index contributed by atoms with van der Waals surface area (Å²) in [5.74, 6) is -1.03. The first-order chi connectivity index (χ1) is 14.1. The van der Waals surface area contributed by atoms with Crippen molar-refractivity contribution >= 4 is 44.3 Å². The van der Waals surface area contributed by atoms with Gasteiger partial charge in [-0.15, -0.1) is 0 Å². The molecule has 0 N–H and O–H groups in total. The summed E-state index contributed by atoms with van der Waals surface area (Å²) in [6.07, 6.45) is 0.373. The van der Waals surface area contributed by atoms with E-state index in [-0.39, 0.29) is 18.6 Å². The molecule has 1 fully saturated rings. The highest BCUT2D eigenvalue weighted by atomic mass is 16.6. The van der Waals surface area contributed by atoms with Gasteiger partial charge in [0.2, 0.25) is 0 Å². The molecule has 4 aromatic rings. The van der Waals surface area contributed by atoms with E-state index in [9.17, 15) is 9.59 Å². The maximum absolute atomic E-state index is 12.0. The Balaban J connectivity index is 1.59. The molecule has 29 heavy (non-hydrogen) atoms. The molecule has 1 saturated heterocycles. The van der Waals surface area contributed by atoms with Gasteiger partial charge in [0.05, 0.1) is 0 Å². The van der Waals surface area contributed by atoms with Gasteiger partial charge in [0.15, 0.2) is 0 Å². The lowest BCUT2D eigenvalue weighted by molar-refractivity contribution is -0.157. The number of esters is 2. The molecule has 0 spiro atoms. The van der Waals surface area contributed by atoms with E-state index in [2.05, 4.69) is 48.5 Å². The highest BCUT2D eigenvalue weighted by Gasteiger charge is 2.35. The first-order valence-electron chi connectivity index (χ1n) is 9.93. The van der Waals surface area contributed by atoms with E-state index >= 15 is 0 Å². The minimum atomic E-state index is -0.515. The summed E-state index contributed by atoms with van der Waals surface area (Å²) in [6.45, 7) is 0. The molecule has 0 aromatic heterocycles. The molecule has 4 nitrogen and oxygen atoms in total. The Kier molecular flexibility index (Phi) is 3.45. The van der Waals surface area contributed by atoms with E-state index in [1.54, 1.807) is 0 Å². The summed E-state index contributed by atoms with van der Waals surface area (Å²) in [7, 11) is 0. The second-order valence-corrected chi connectivity index (χ2v) is 7.94. The van der Waals surface area contributed by atoms with E-state index in [0.29, 0.717) is 12.8 Å². The molecule has 7 rings (SSSR count). The van der Waals surface area contributed by atoms with Gasteiger partial charge in [-0.1, -0.05) is 24.3 Å². The van der Waals surface area contributed by atoms with Gasteiger partial charge in [0, 0.05) is 0 Å². The van der Waals surface area contributed by atoms with Crippen LogP contribution in [0, 0.1) is 0 Å². The van der Waals surface area contributed by atoms with Crippen molar-refractivity contribution in [3.8, 4) is 0 Å². The number of hydrogen-bond donors (Lipinski definition) is 0. The van der Waals surface area contributed by atoms with Crippen molar-refractivity contribution in [1.82, 2.24) is 0 Å². The lowest BCUT2D eigenvalue weighted by Crippen LogP contribution is -2.18. The van der Waals surface area contributed by atoms with Crippen molar-refractivity contribution in [3.05, 3.63) is 71.8 Å². The quantitative estimate of drug-likeness (QED) is 0.228. The highest BCUT2D eigenvalue weighted by Crippen LogP contribution is 2.43. The average molecular weight is 382 g/mol. The molecule has 4 aromatic carbocycles. The molecular formula is C25H18O4. The van der Waals surface area contributed by atoms with Gasteiger partial charge in [0.25, 0.3) is 0 Å². The fourth-order valence-electron chi connectivity index (χ4n) is 4.71. The fourth-order valence-corrected chi connectivity index (χ4v) is 4.71. The molecule has 142 valence electrons. The van der Waals surface area contributed by atoms with Crippen LogP contribution in [0.4, 0.5) is 0 Å². The lowest BCUT2D eigenvalue weighted by Gasteiger charge is -2.29. The largest absolute Gasteiger partial charge is 0.457 e. The standard InChI is InChI=1S/C25H18O4/c26-24-13-25(27)29-23-6-5-22(28-24)20-11-18-9-16-7-14-3-1-2-4-15(14)8-17(16)10-19(18)12-21(20)23/h1-4,7-12,22-23H,5-6,13H2. The minimum absolute atomic E-state index is 0.319. The monoisotopic (exact) mass is 382 g/mol. The van der Waals surface area contributed by atoms with Crippen LogP contribution in [0.3, 0.4) is 0 Å². The molecule has 2 bridgehead atoms. The van der Waals surface area contributed by atoms with Crippen LogP contribution < -0.4 is 0 Å². The van der Waals surface area contributed by atoms with Gasteiger partial charge < -0.3 is 9.47 Å². The molecule has 0 amide bonds. The molecule has 0 radical (unpaired) electrons. The van der Waals surface area contributed by atoms with E-state index in [4.69, 9.17) is 9.47 Å². The molecule has 2 atom stereocenters. The summed E-state index contributed by atoms with van der Waals surface area (Å²) in [6, 6.07) is 21.3. The van der Waals surface area contributed by atoms with Crippen molar-refractivity contribution in [2.45, 2.75) is 31.5 Å². The maximum Gasteiger partial charge on any atom is 0.317 e. The van der Waals surface area contributed by atoms with Crippen molar-refractivity contribution in [1.29, 1.82) is 0 Å². The Morgan fingerprint density at radius 1 is 0.586 bits per heavy atom. The van der Waals surface area contributed by atoms with E-state index in [1.807, 2.05) is 12.1 Å². The van der Waals surface area contributed by atoms with Gasteiger partial charge in [-0.25, -0.2) is 0 Å². The Bertz CT molecular complexity index is 1240. The molecule has 1 aliphatic carbocycles. The Morgan fingerprint density at radius 3 is 1.48 bits per heavy atom. The van der Waals surface area contributed by atoms with Crippen molar-refractivity contribution in [2.75, 3.05) is 0 Å². The number of hydrogen-bond acceptors (Lipinski definition) is 4. The lowest BCUT2D eigenvalue weighted by atomic mass is 9.84. The van der Waals surface area contributed by atoms with Crippen molar-refractivity contribution in [3.63, 3.8) is 0 Å². The molecule has 2 heterocycles. The zero-order chi connectivity index (χ0) is 19.5. The number of carbonyl (C=O) groups is 2. The summed E-state index contributed by atoms with van der Waals surface area (Å²) < 4.78 is 11.2. The number of benzene rings is 4. The molecule has 2 aliphatic heterocycles. The summed E-state index contributed by atoms with van der Waals surface area (Å²) in [5.41, 5.74) is 1.91. The van der Waals surface area contributed by atoms with Crippen LogP contribution in [0.15, 0.2) is 60.7 Å². The van der Waals surface area contributed by atoms with Gasteiger partial charge in [-0.05, 0) is 92.7 Å². The Morgan fingerprint density at radius 2 is 1.00 bits per heavy atom. The van der Waals surface area contributed by atoms with Crippen LogP contribution in [0.25, 0.3) is 32.3 Å².